The molecule has 0 aromatic heterocycles. The summed E-state index contributed by atoms with van der Waals surface area (Å²) in [6, 6.07) is 12.7. The molecule has 0 unspecified atom stereocenters. The Morgan fingerprint density at radius 1 is 1.24 bits per heavy atom. The highest BCUT2D eigenvalue weighted by atomic mass is 16.6. The number of hydrazone groups is 1. The minimum Gasteiger partial charge on any atom is -0.478 e. The molecule has 7 heteroatoms. The summed E-state index contributed by atoms with van der Waals surface area (Å²) < 4.78 is 0. The van der Waals surface area contributed by atoms with Crippen molar-refractivity contribution < 1.29 is 14.8 Å². The second kappa shape index (κ2) is 6.29. The largest absolute Gasteiger partial charge is 0.478 e. The van der Waals surface area contributed by atoms with Crippen LogP contribution < -0.4 is 5.43 Å². The quantitative estimate of drug-likeness (QED) is 0.499. The SMILES string of the molecule is O=C(O)c1cc([N+](=O)[O-])ccc1C=NNc1ccccc1. The number of carboxylic acids is 1. The van der Waals surface area contributed by atoms with Crippen LogP contribution in [0.3, 0.4) is 0 Å². The molecular formula is C14H11N3O4. The van der Waals surface area contributed by atoms with E-state index in [1.807, 2.05) is 18.2 Å². The number of nitro benzene ring substituents is 1. The molecule has 0 atom stereocenters. The molecule has 0 radical (unpaired) electrons. The van der Waals surface area contributed by atoms with E-state index in [2.05, 4.69) is 10.5 Å². The van der Waals surface area contributed by atoms with Crippen LogP contribution >= 0.6 is 0 Å². The van der Waals surface area contributed by atoms with Crippen LogP contribution in [0.4, 0.5) is 11.4 Å². The van der Waals surface area contributed by atoms with Gasteiger partial charge < -0.3 is 5.11 Å². The average Bonchev–Trinajstić information content (AvgIpc) is 2.48. The predicted octanol–water partition coefficient (Wildman–Crippen LogP) is 2.74. The standard InChI is InChI=1S/C14H11N3O4/c18-14(19)13-8-12(17(20)21)7-6-10(13)9-15-16-11-4-2-1-3-5-11/h1-9,16H,(H,18,19). The van der Waals surface area contributed by atoms with Gasteiger partial charge in [0.25, 0.3) is 5.69 Å². The number of nitro groups is 1. The van der Waals surface area contributed by atoms with Crippen molar-refractivity contribution in [1.29, 1.82) is 0 Å². The number of para-hydroxylation sites is 1. The van der Waals surface area contributed by atoms with Gasteiger partial charge in [0.05, 0.1) is 22.4 Å². The molecule has 0 saturated heterocycles. The van der Waals surface area contributed by atoms with Gasteiger partial charge in [0.15, 0.2) is 0 Å². The molecule has 0 bridgehead atoms. The van der Waals surface area contributed by atoms with Gasteiger partial charge >= 0.3 is 5.97 Å². The van der Waals surface area contributed by atoms with Crippen LogP contribution in [0.1, 0.15) is 15.9 Å². The van der Waals surface area contributed by atoms with E-state index in [4.69, 9.17) is 5.11 Å². The fourth-order valence-corrected chi connectivity index (χ4v) is 1.64. The average molecular weight is 285 g/mol. The number of rotatable bonds is 5. The monoisotopic (exact) mass is 285 g/mol. The van der Waals surface area contributed by atoms with Crippen LogP contribution in [0.5, 0.6) is 0 Å². The van der Waals surface area contributed by atoms with Crippen LogP contribution in [0.2, 0.25) is 0 Å². The first-order valence-electron chi connectivity index (χ1n) is 5.94. The first-order valence-corrected chi connectivity index (χ1v) is 5.94. The van der Waals surface area contributed by atoms with Gasteiger partial charge in [0.2, 0.25) is 0 Å². The number of carbonyl (C=O) groups is 1. The van der Waals surface area contributed by atoms with Crippen LogP contribution in [0.25, 0.3) is 0 Å². The summed E-state index contributed by atoms with van der Waals surface area (Å²) in [6.07, 6.45) is 1.31. The van der Waals surface area contributed by atoms with Crippen molar-refractivity contribution in [2.45, 2.75) is 0 Å². The van der Waals surface area contributed by atoms with Gasteiger partial charge in [0.1, 0.15) is 0 Å². The Kier molecular flexibility index (Phi) is 4.25. The molecule has 0 spiro atoms. The van der Waals surface area contributed by atoms with Crippen molar-refractivity contribution in [2.24, 2.45) is 5.10 Å². The Balaban J connectivity index is 2.23. The van der Waals surface area contributed by atoms with Gasteiger partial charge in [-0.15, -0.1) is 0 Å². The second-order valence-electron chi connectivity index (χ2n) is 4.07. The molecule has 2 aromatic carbocycles. The maximum atomic E-state index is 11.1. The summed E-state index contributed by atoms with van der Waals surface area (Å²) in [5.74, 6) is -1.25. The van der Waals surface area contributed by atoms with E-state index in [0.29, 0.717) is 0 Å². The highest BCUT2D eigenvalue weighted by Gasteiger charge is 2.14. The van der Waals surface area contributed by atoms with Crippen molar-refractivity contribution in [2.75, 3.05) is 5.43 Å². The zero-order valence-electron chi connectivity index (χ0n) is 10.8. The summed E-state index contributed by atoms with van der Waals surface area (Å²) in [4.78, 5) is 21.1. The van der Waals surface area contributed by atoms with Crippen LogP contribution in [0.15, 0.2) is 53.6 Å². The van der Waals surface area contributed by atoms with E-state index in [0.717, 1.165) is 11.8 Å². The number of nitrogens with one attached hydrogen (secondary N) is 1. The molecule has 2 aromatic rings. The molecule has 0 amide bonds. The zero-order valence-corrected chi connectivity index (χ0v) is 10.8. The Bertz CT molecular complexity index is 699. The Hall–Kier alpha value is -3.22. The van der Waals surface area contributed by atoms with E-state index in [-0.39, 0.29) is 16.8 Å². The van der Waals surface area contributed by atoms with Gasteiger partial charge in [-0.2, -0.15) is 5.10 Å². The van der Waals surface area contributed by atoms with E-state index in [1.54, 1.807) is 12.1 Å². The topological polar surface area (TPSA) is 105 Å². The molecule has 0 saturated carbocycles. The molecule has 0 aliphatic rings. The van der Waals surface area contributed by atoms with E-state index in [1.165, 1.54) is 18.3 Å². The molecule has 7 nitrogen and oxygen atoms in total. The molecule has 106 valence electrons. The normalized spacial score (nSPS) is 10.5. The minimum absolute atomic E-state index is 0.178. The summed E-state index contributed by atoms with van der Waals surface area (Å²) in [6.45, 7) is 0. The van der Waals surface area contributed by atoms with Crippen molar-refractivity contribution in [3.63, 3.8) is 0 Å². The van der Waals surface area contributed by atoms with E-state index < -0.39 is 10.9 Å². The van der Waals surface area contributed by atoms with Crippen LogP contribution in [-0.4, -0.2) is 22.2 Å². The molecule has 21 heavy (non-hydrogen) atoms. The third-order valence-electron chi connectivity index (χ3n) is 2.65. The Morgan fingerprint density at radius 2 is 1.95 bits per heavy atom. The fraction of sp³-hybridized carbons (Fsp3) is 0. The smallest absolute Gasteiger partial charge is 0.336 e. The lowest BCUT2D eigenvalue weighted by Gasteiger charge is -2.02. The molecular weight excluding hydrogens is 274 g/mol. The van der Waals surface area contributed by atoms with Gasteiger partial charge in [-0.05, 0) is 18.2 Å². The Morgan fingerprint density at radius 3 is 2.57 bits per heavy atom. The molecule has 0 aliphatic heterocycles. The third-order valence-corrected chi connectivity index (χ3v) is 2.65. The summed E-state index contributed by atoms with van der Waals surface area (Å²) >= 11 is 0. The number of benzene rings is 2. The van der Waals surface area contributed by atoms with Crippen molar-refractivity contribution >= 4 is 23.6 Å². The van der Waals surface area contributed by atoms with Crippen LogP contribution in [0, 0.1) is 10.1 Å². The fourth-order valence-electron chi connectivity index (χ4n) is 1.64. The van der Waals surface area contributed by atoms with Crippen LogP contribution in [-0.2, 0) is 0 Å². The highest BCUT2D eigenvalue weighted by Crippen LogP contribution is 2.17. The van der Waals surface area contributed by atoms with Gasteiger partial charge in [0, 0.05) is 17.7 Å². The van der Waals surface area contributed by atoms with Crippen molar-refractivity contribution in [1.82, 2.24) is 0 Å². The summed E-state index contributed by atoms with van der Waals surface area (Å²) in [7, 11) is 0. The van der Waals surface area contributed by atoms with E-state index >= 15 is 0 Å². The third kappa shape index (κ3) is 3.63. The Labute approximate surface area is 119 Å². The molecule has 2 rings (SSSR count). The summed E-state index contributed by atoms with van der Waals surface area (Å²) in [5, 5.41) is 23.7. The molecule has 0 aliphatic carbocycles. The second-order valence-corrected chi connectivity index (χ2v) is 4.07. The lowest BCUT2D eigenvalue weighted by Crippen LogP contribution is -2.04. The minimum atomic E-state index is -1.25. The maximum absolute atomic E-state index is 11.1. The number of nitrogens with zero attached hydrogens (tertiary/aromatic N) is 2. The maximum Gasteiger partial charge on any atom is 0.336 e. The number of carboxylic acid groups (broad SMARTS) is 1. The molecule has 0 heterocycles. The highest BCUT2D eigenvalue weighted by molar-refractivity contribution is 5.99. The number of aromatic carboxylic acids is 1. The first-order chi connectivity index (χ1) is 10.1. The molecule has 2 N–H and O–H groups in total. The first kappa shape index (κ1) is 14.2. The lowest BCUT2D eigenvalue weighted by molar-refractivity contribution is -0.384. The molecule has 0 fully saturated rings. The number of hydrogen-bond acceptors (Lipinski definition) is 5. The number of non-ortho nitro benzene ring substituents is 1. The van der Waals surface area contributed by atoms with Crippen molar-refractivity contribution in [3.05, 3.63) is 69.8 Å². The van der Waals surface area contributed by atoms with Gasteiger partial charge in [-0.25, -0.2) is 4.79 Å². The summed E-state index contributed by atoms with van der Waals surface area (Å²) in [5.41, 5.74) is 3.30. The number of hydrogen-bond donors (Lipinski definition) is 2. The van der Waals surface area contributed by atoms with E-state index in [9.17, 15) is 14.9 Å². The number of anilines is 1. The van der Waals surface area contributed by atoms with Gasteiger partial charge in [-0.3, -0.25) is 15.5 Å². The lowest BCUT2D eigenvalue weighted by atomic mass is 10.1. The van der Waals surface area contributed by atoms with Gasteiger partial charge in [-0.1, -0.05) is 18.2 Å². The van der Waals surface area contributed by atoms with Crippen molar-refractivity contribution in [3.8, 4) is 0 Å². The zero-order chi connectivity index (χ0) is 15.2. The predicted molar refractivity (Wildman–Crippen MR) is 77.7 cm³/mol.